The van der Waals surface area contributed by atoms with Gasteiger partial charge in [0, 0.05) is 19.3 Å². The number of aromatic nitrogens is 2. The molecule has 1 aliphatic rings. The largest absolute Gasteiger partial charge is 0.365 e. The third-order valence-corrected chi connectivity index (χ3v) is 4.92. The predicted molar refractivity (Wildman–Crippen MR) is 99.5 cm³/mol. The molecule has 26 heavy (non-hydrogen) atoms. The number of rotatable bonds is 4. The van der Waals surface area contributed by atoms with Crippen LogP contribution in [0, 0.1) is 5.82 Å². The second kappa shape index (κ2) is 6.78. The molecule has 0 radical (unpaired) electrons. The first kappa shape index (κ1) is 16.6. The van der Waals surface area contributed by atoms with Gasteiger partial charge < -0.3 is 14.8 Å². The molecule has 2 heterocycles. The second-order valence-electron chi connectivity index (χ2n) is 6.72. The van der Waals surface area contributed by atoms with Gasteiger partial charge in [-0.3, -0.25) is 4.79 Å². The van der Waals surface area contributed by atoms with E-state index in [-0.39, 0.29) is 17.8 Å². The third-order valence-electron chi connectivity index (χ3n) is 4.92. The fourth-order valence-electron chi connectivity index (χ4n) is 3.58. The number of fused-ring (bicyclic) bond motifs is 1. The monoisotopic (exact) mass is 352 g/mol. The van der Waals surface area contributed by atoms with E-state index in [2.05, 4.69) is 9.97 Å². The van der Waals surface area contributed by atoms with Crippen LogP contribution < -0.4 is 4.90 Å². The maximum absolute atomic E-state index is 13.4. The van der Waals surface area contributed by atoms with Crippen LogP contribution in [0.3, 0.4) is 0 Å². The molecule has 1 aromatic heterocycles. The maximum atomic E-state index is 13.4. The van der Waals surface area contributed by atoms with Gasteiger partial charge in [0.1, 0.15) is 11.6 Å². The van der Waals surface area contributed by atoms with Crippen LogP contribution in [-0.4, -0.2) is 40.9 Å². The van der Waals surface area contributed by atoms with Crippen molar-refractivity contribution in [3.05, 3.63) is 60.2 Å². The molecular formula is C20H21FN4O. The molecule has 0 bridgehead atoms. The van der Waals surface area contributed by atoms with Gasteiger partial charge in [-0.25, -0.2) is 9.37 Å². The van der Waals surface area contributed by atoms with Crippen LogP contribution in [0.1, 0.15) is 24.7 Å². The molecule has 0 saturated carbocycles. The van der Waals surface area contributed by atoms with Crippen LogP contribution in [0.4, 0.5) is 10.1 Å². The number of H-pyrrole nitrogens is 1. The molecule has 1 saturated heterocycles. The average molecular weight is 352 g/mol. The van der Waals surface area contributed by atoms with Crippen LogP contribution in [0.25, 0.3) is 11.0 Å². The van der Waals surface area contributed by atoms with Crippen molar-refractivity contribution < 1.29 is 9.18 Å². The summed E-state index contributed by atoms with van der Waals surface area (Å²) in [5.41, 5.74) is 2.40. The zero-order valence-electron chi connectivity index (χ0n) is 14.7. The van der Waals surface area contributed by atoms with Crippen molar-refractivity contribution in [3.8, 4) is 0 Å². The zero-order chi connectivity index (χ0) is 18.1. The van der Waals surface area contributed by atoms with Gasteiger partial charge in [0.15, 0.2) is 0 Å². The number of hydrogen-bond donors (Lipinski definition) is 1. The number of hydrogen-bond acceptors (Lipinski definition) is 3. The Bertz CT molecular complexity index is 924. The number of halogens is 1. The highest BCUT2D eigenvalue weighted by atomic mass is 19.1. The number of likely N-dealkylation sites (N-methyl/N-ethyl adjacent to an activating group) is 1. The first-order chi connectivity index (χ1) is 12.6. The third kappa shape index (κ3) is 3.14. The number of imidazole rings is 1. The molecule has 1 aliphatic heterocycles. The van der Waals surface area contributed by atoms with Gasteiger partial charge in [0.25, 0.3) is 0 Å². The summed E-state index contributed by atoms with van der Waals surface area (Å²) in [5.74, 6) is 0.515. The molecule has 134 valence electrons. The van der Waals surface area contributed by atoms with E-state index in [1.807, 2.05) is 47.2 Å². The van der Waals surface area contributed by atoms with E-state index in [1.165, 1.54) is 12.1 Å². The van der Waals surface area contributed by atoms with Crippen LogP contribution in [-0.2, 0) is 4.79 Å². The van der Waals surface area contributed by atoms with E-state index in [4.69, 9.17) is 0 Å². The number of carbonyl (C=O) groups excluding carboxylic acids is 1. The van der Waals surface area contributed by atoms with Gasteiger partial charge in [0.05, 0.1) is 23.6 Å². The quantitative estimate of drug-likeness (QED) is 0.782. The number of carbonyl (C=O) groups is 1. The van der Waals surface area contributed by atoms with E-state index in [0.29, 0.717) is 12.1 Å². The smallest absolute Gasteiger partial charge is 0.242 e. The van der Waals surface area contributed by atoms with E-state index in [9.17, 15) is 9.18 Å². The molecule has 4 rings (SSSR count). The number of nitrogens with one attached hydrogen (secondary N) is 1. The maximum Gasteiger partial charge on any atom is 0.242 e. The van der Waals surface area contributed by atoms with Gasteiger partial charge in [-0.05, 0) is 43.2 Å². The topological polar surface area (TPSA) is 52.2 Å². The number of likely N-dealkylation sites (tertiary alicyclic amines) is 1. The molecule has 6 heteroatoms. The Morgan fingerprint density at radius 1 is 1.31 bits per heavy atom. The Hall–Kier alpha value is -2.89. The zero-order valence-corrected chi connectivity index (χ0v) is 14.7. The summed E-state index contributed by atoms with van der Waals surface area (Å²) < 4.78 is 13.4. The SMILES string of the molecule is CN(CC(=O)N1CCC[C@@H]1c1nc2ccc(F)cc2[nH]1)c1ccccc1. The van der Waals surface area contributed by atoms with E-state index < -0.39 is 0 Å². The van der Waals surface area contributed by atoms with Crippen molar-refractivity contribution >= 4 is 22.6 Å². The molecule has 5 nitrogen and oxygen atoms in total. The van der Waals surface area contributed by atoms with Crippen LogP contribution >= 0.6 is 0 Å². The summed E-state index contributed by atoms with van der Waals surface area (Å²) in [7, 11) is 1.92. The van der Waals surface area contributed by atoms with Crippen LogP contribution in [0.2, 0.25) is 0 Å². The van der Waals surface area contributed by atoms with E-state index >= 15 is 0 Å². The summed E-state index contributed by atoms with van der Waals surface area (Å²) in [4.78, 5) is 24.5. The summed E-state index contributed by atoms with van der Waals surface area (Å²) >= 11 is 0. The minimum Gasteiger partial charge on any atom is -0.365 e. The number of amides is 1. The lowest BCUT2D eigenvalue weighted by Crippen LogP contribution is -2.39. The van der Waals surface area contributed by atoms with Crippen LogP contribution in [0.15, 0.2) is 48.5 Å². The molecule has 1 atom stereocenters. The highest BCUT2D eigenvalue weighted by Gasteiger charge is 2.32. The van der Waals surface area contributed by atoms with Gasteiger partial charge >= 0.3 is 0 Å². The van der Waals surface area contributed by atoms with E-state index in [1.54, 1.807) is 6.07 Å². The fourth-order valence-corrected chi connectivity index (χ4v) is 3.58. The van der Waals surface area contributed by atoms with Crippen molar-refractivity contribution in [2.45, 2.75) is 18.9 Å². The number of para-hydroxylation sites is 1. The van der Waals surface area contributed by atoms with E-state index in [0.717, 1.165) is 36.4 Å². The molecular weight excluding hydrogens is 331 g/mol. The van der Waals surface area contributed by atoms with Crippen molar-refractivity contribution in [3.63, 3.8) is 0 Å². The van der Waals surface area contributed by atoms with Crippen molar-refractivity contribution in [1.82, 2.24) is 14.9 Å². The first-order valence-corrected chi connectivity index (χ1v) is 8.82. The molecule has 0 aliphatic carbocycles. The van der Waals surface area contributed by atoms with Gasteiger partial charge in [-0.1, -0.05) is 18.2 Å². The van der Waals surface area contributed by atoms with Crippen molar-refractivity contribution in [1.29, 1.82) is 0 Å². The van der Waals surface area contributed by atoms with Gasteiger partial charge in [-0.15, -0.1) is 0 Å². The number of benzene rings is 2. The minimum atomic E-state index is -0.295. The Morgan fingerprint density at radius 2 is 2.12 bits per heavy atom. The summed E-state index contributed by atoms with van der Waals surface area (Å²) in [6, 6.07) is 14.3. The Kier molecular flexibility index (Phi) is 4.32. The summed E-state index contributed by atoms with van der Waals surface area (Å²) in [6.07, 6.45) is 1.81. The molecule has 3 aromatic rings. The molecule has 0 spiro atoms. The standard InChI is InChI=1S/C20H21FN4O/c1-24(15-6-3-2-4-7-15)13-19(26)25-11-5-8-18(25)20-22-16-10-9-14(21)12-17(16)23-20/h2-4,6-7,9-10,12,18H,5,8,11,13H2,1H3,(H,22,23)/t18-/m1/s1. The second-order valence-corrected chi connectivity index (χ2v) is 6.72. The molecule has 2 aromatic carbocycles. The Balaban J connectivity index is 1.52. The molecule has 1 fully saturated rings. The summed E-state index contributed by atoms with van der Waals surface area (Å²) in [6.45, 7) is 1.03. The molecule has 0 unspecified atom stereocenters. The number of anilines is 1. The predicted octanol–water partition coefficient (Wildman–Crippen LogP) is 3.50. The number of nitrogens with zero attached hydrogens (tertiary/aromatic N) is 3. The molecule has 1 N–H and O–H groups in total. The minimum absolute atomic E-state index is 0.0745. The highest BCUT2D eigenvalue weighted by Crippen LogP contribution is 2.31. The lowest BCUT2D eigenvalue weighted by atomic mass is 10.2. The lowest BCUT2D eigenvalue weighted by molar-refractivity contribution is -0.130. The van der Waals surface area contributed by atoms with Crippen molar-refractivity contribution in [2.24, 2.45) is 0 Å². The Morgan fingerprint density at radius 3 is 2.92 bits per heavy atom. The van der Waals surface area contributed by atoms with Crippen molar-refractivity contribution in [2.75, 3.05) is 25.0 Å². The lowest BCUT2D eigenvalue weighted by Gasteiger charge is -2.27. The number of aromatic amines is 1. The molecule has 1 amide bonds. The fraction of sp³-hybridized carbons (Fsp3) is 0.300. The highest BCUT2D eigenvalue weighted by molar-refractivity contribution is 5.82. The van der Waals surface area contributed by atoms with Gasteiger partial charge in [-0.2, -0.15) is 0 Å². The first-order valence-electron chi connectivity index (χ1n) is 8.82. The average Bonchev–Trinajstić information content (AvgIpc) is 3.28. The summed E-state index contributed by atoms with van der Waals surface area (Å²) in [5, 5.41) is 0. The van der Waals surface area contributed by atoms with Gasteiger partial charge in [0.2, 0.25) is 5.91 Å². The normalized spacial score (nSPS) is 17.0. The van der Waals surface area contributed by atoms with Crippen LogP contribution in [0.5, 0.6) is 0 Å². The Labute approximate surface area is 151 Å².